The molecule has 0 aliphatic rings. The van der Waals surface area contributed by atoms with Crippen molar-refractivity contribution in [2.24, 2.45) is 5.92 Å². The van der Waals surface area contributed by atoms with E-state index in [1.54, 1.807) is 18.2 Å². The van der Waals surface area contributed by atoms with Crippen molar-refractivity contribution in [2.75, 3.05) is 11.9 Å². The lowest BCUT2D eigenvalue weighted by molar-refractivity contribution is -0.254. The Morgan fingerprint density at radius 1 is 1.40 bits per heavy atom. The zero-order chi connectivity index (χ0) is 11.3. The van der Waals surface area contributed by atoms with E-state index in [0.717, 1.165) is 13.0 Å². The van der Waals surface area contributed by atoms with Crippen LogP contribution in [0.5, 0.6) is 0 Å². The zero-order valence-corrected chi connectivity index (χ0v) is 9.12. The van der Waals surface area contributed by atoms with Crippen LogP contribution in [0.25, 0.3) is 0 Å². The summed E-state index contributed by atoms with van der Waals surface area (Å²) in [5.74, 6) is -0.532. The van der Waals surface area contributed by atoms with Crippen molar-refractivity contribution in [3.05, 3.63) is 29.8 Å². The monoisotopic (exact) mass is 206 g/mol. The summed E-state index contributed by atoms with van der Waals surface area (Å²) in [5, 5.41) is 13.9. The van der Waals surface area contributed by atoms with Crippen LogP contribution in [0.2, 0.25) is 0 Å². The average Bonchev–Trinajstić information content (AvgIpc) is 2.17. The number of hydrogen-bond donors (Lipinski definition) is 1. The molecule has 1 N–H and O–H groups in total. The van der Waals surface area contributed by atoms with E-state index in [9.17, 15) is 9.90 Å². The molecular weight excluding hydrogens is 190 g/mol. The maximum atomic E-state index is 10.8. The molecule has 0 fully saturated rings. The Balaban J connectivity index is 2.63. The quantitative estimate of drug-likeness (QED) is 0.794. The van der Waals surface area contributed by atoms with Crippen LogP contribution in [0.1, 0.15) is 30.6 Å². The third-order valence-electron chi connectivity index (χ3n) is 2.18. The number of hydrogen-bond acceptors (Lipinski definition) is 3. The average molecular weight is 206 g/mol. The van der Waals surface area contributed by atoms with Gasteiger partial charge in [-0.1, -0.05) is 32.0 Å². The van der Waals surface area contributed by atoms with Gasteiger partial charge in [0, 0.05) is 17.8 Å². The highest BCUT2D eigenvalue weighted by molar-refractivity contribution is 5.92. The molecule has 0 amide bonds. The van der Waals surface area contributed by atoms with E-state index < -0.39 is 5.97 Å². The van der Waals surface area contributed by atoms with Gasteiger partial charge >= 0.3 is 0 Å². The first-order chi connectivity index (χ1) is 7.11. The second-order valence-electron chi connectivity index (χ2n) is 3.94. The topological polar surface area (TPSA) is 52.2 Å². The molecule has 0 saturated carbocycles. The second kappa shape index (κ2) is 5.39. The summed E-state index contributed by atoms with van der Waals surface area (Å²) >= 11 is 0. The summed E-state index contributed by atoms with van der Waals surface area (Å²) < 4.78 is 0. The fourth-order valence-corrected chi connectivity index (χ4v) is 1.31. The fourth-order valence-electron chi connectivity index (χ4n) is 1.31. The van der Waals surface area contributed by atoms with Gasteiger partial charge in [-0.15, -0.1) is 0 Å². The van der Waals surface area contributed by atoms with Crippen molar-refractivity contribution in [1.82, 2.24) is 0 Å². The molecule has 82 valence electrons. The van der Waals surface area contributed by atoms with Gasteiger partial charge in [0.15, 0.2) is 0 Å². The first kappa shape index (κ1) is 11.6. The molecular formula is C12H16NO2-. The molecule has 0 atom stereocenters. The highest BCUT2D eigenvalue weighted by Gasteiger charge is 2.01. The highest BCUT2D eigenvalue weighted by atomic mass is 16.4. The van der Waals surface area contributed by atoms with Crippen LogP contribution in [0.4, 0.5) is 5.69 Å². The standard InChI is InChI=1S/C12H17NO2/c1-9(2)7-8-13-11-6-4-3-5-10(11)12(14)15/h3-6,9,13H,7-8H2,1-2H3,(H,14,15)/p-1. The number of nitrogens with one attached hydrogen (secondary N) is 1. The lowest BCUT2D eigenvalue weighted by atomic mass is 10.1. The molecule has 0 heterocycles. The number of rotatable bonds is 5. The minimum atomic E-state index is -1.14. The molecule has 0 spiro atoms. The Kier molecular flexibility index (Phi) is 4.16. The molecule has 0 aliphatic carbocycles. The third-order valence-corrected chi connectivity index (χ3v) is 2.18. The molecule has 1 aromatic rings. The van der Waals surface area contributed by atoms with Crippen molar-refractivity contribution in [2.45, 2.75) is 20.3 Å². The van der Waals surface area contributed by atoms with E-state index in [0.29, 0.717) is 11.6 Å². The number of carboxylic acids is 1. The molecule has 15 heavy (non-hydrogen) atoms. The first-order valence-electron chi connectivity index (χ1n) is 5.15. The predicted octanol–water partition coefficient (Wildman–Crippen LogP) is 1.51. The van der Waals surface area contributed by atoms with Crippen molar-refractivity contribution < 1.29 is 9.90 Å². The summed E-state index contributed by atoms with van der Waals surface area (Å²) in [5.41, 5.74) is 0.861. The summed E-state index contributed by atoms with van der Waals surface area (Å²) in [6, 6.07) is 6.81. The third kappa shape index (κ3) is 3.62. The van der Waals surface area contributed by atoms with Gasteiger partial charge in [-0.2, -0.15) is 0 Å². The van der Waals surface area contributed by atoms with E-state index in [1.165, 1.54) is 0 Å². The Morgan fingerprint density at radius 2 is 2.07 bits per heavy atom. The van der Waals surface area contributed by atoms with E-state index in [4.69, 9.17) is 0 Å². The lowest BCUT2D eigenvalue weighted by Gasteiger charge is -2.13. The van der Waals surface area contributed by atoms with Crippen molar-refractivity contribution in [3.63, 3.8) is 0 Å². The van der Waals surface area contributed by atoms with Crippen LogP contribution in [-0.4, -0.2) is 12.5 Å². The predicted molar refractivity (Wildman–Crippen MR) is 58.7 cm³/mol. The smallest absolute Gasteiger partial charge is 0.0736 e. The van der Waals surface area contributed by atoms with Crippen LogP contribution in [-0.2, 0) is 0 Å². The molecule has 3 nitrogen and oxygen atoms in total. The van der Waals surface area contributed by atoms with Crippen LogP contribution in [0.15, 0.2) is 24.3 Å². The number of carbonyl (C=O) groups excluding carboxylic acids is 1. The number of anilines is 1. The Hall–Kier alpha value is -1.51. The van der Waals surface area contributed by atoms with E-state index in [-0.39, 0.29) is 5.56 Å². The zero-order valence-electron chi connectivity index (χ0n) is 9.12. The molecule has 0 bridgehead atoms. The maximum Gasteiger partial charge on any atom is 0.0736 e. The number of benzene rings is 1. The lowest BCUT2D eigenvalue weighted by Crippen LogP contribution is -2.23. The van der Waals surface area contributed by atoms with Gasteiger partial charge in [0.1, 0.15) is 0 Å². The fraction of sp³-hybridized carbons (Fsp3) is 0.417. The highest BCUT2D eigenvalue weighted by Crippen LogP contribution is 2.14. The Bertz CT molecular complexity index is 334. The van der Waals surface area contributed by atoms with Crippen LogP contribution < -0.4 is 10.4 Å². The number of carboxylic acid groups (broad SMARTS) is 1. The number of carbonyl (C=O) groups is 1. The Labute approximate surface area is 90.1 Å². The number of aromatic carboxylic acids is 1. The molecule has 0 radical (unpaired) electrons. The summed E-state index contributed by atoms with van der Waals surface area (Å²) in [6.07, 6.45) is 1.02. The van der Waals surface area contributed by atoms with E-state index in [2.05, 4.69) is 19.2 Å². The molecule has 0 aromatic heterocycles. The van der Waals surface area contributed by atoms with E-state index in [1.807, 2.05) is 6.07 Å². The molecule has 0 saturated heterocycles. The SMILES string of the molecule is CC(C)CCNc1ccccc1C(=O)[O-]. The number of para-hydroxylation sites is 1. The van der Waals surface area contributed by atoms with Crippen molar-refractivity contribution in [1.29, 1.82) is 0 Å². The van der Waals surface area contributed by atoms with Gasteiger partial charge in [0.05, 0.1) is 5.97 Å². The van der Waals surface area contributed by atoms with Crippen LogP contribution >= 0.6 is 0 Å². The van der Waals surface area contributed by atoms with Crippen LogP contribution in [0, 0.1) is 5.92 Å². The summed E-state index contributed by atoms with van der Waals surface area (Å²) in [7, 11) is 0. The van der Waals surface area contributed by atoms with Crippen molar-refractivity contribution in [3.8, 4) is 0 Å². The van der Waals surface area contributed by atoms with Gasteiger partial charge in [0.25, 0.3) is 0 Å². The van der Waals surface area contributed by atoms with Crippen molar-refractivity contribution >= 4 is 11.7 Å². The van der Waals surface area contributed by atoms with Gasteiger partial charge in [-0.3, -0.25) is 0 Å². The molecule has 0 unspecified atom stereocenters. The van der Waals surface area contributed by atoms with E-state index >= 15 is 0 Å². The van der Waals surface area contributed by atoms with Gasteiger partial charge < -0.3 is 15.2 Å². The Morgan fingerprint density at radius 3 is 2.67 bits per heavy atom. The van der Waals surface area contributed by atoms with Gasteiger partial charge in [0.2, 0.25) is 0 Å². The maximum absolute atomic E-state index is 10.8. The minimum Gasteiger partial charge on any atom is -0.545 e. The van der Waals surface area contributed by atoms with Gasteiger partial charge in [-0.05, 0) is 18.4 Å². The van der Waals surface area contributed by atoms with Crippen LogP contribution in [0.3, 0.4) is 0 Å². The molecule has 0 aliphatic heterocycles. The second-order valence-corrected chi connectivity index (χ2v) is 3.94. The largest absolute Gasteiger partial charge is 0.545 e. The molecule has 1 aromatic carbocycles. The molecule has 1 rings (SSSR count). The minimum absolute atomic E-state index is 0.223. The molecule has 3 heteroatoms. The first-order valence-corrected chi connectivity index (χ1v) is 5.15. The van der Waals surface area contributed by atoms with Gasteiger partial charge in [-0.25, -0.2) is 0 Å². The normalized spacial score (nSPS) is 10.3. The summed E-state index contributed by atoms with van der Waals surface area (Å²) in [4.78, 5) is 10.8. The summed E-state index contributed by atoms with van der Waals surface area (Å²) in [6.45, 7) is 5.04.